The van der Waals surface area contributed by atoms with Crippen LogP contribution in [0.4, 0.5) is 0 Å². The van der Waals surface area contributed by atoms with Crippen LogP contribution in [0.5, 0.6) is 0 Å². The molecule has 80 valence electrons. The molecule has 0 radical (unpaired) electrons. The topological polar surface area (TPSA) is 12.0 Å². The molecule has 0 aromatic heterocycles. The SMILES string of the molecule is CC(NC(C)C(C)(C)C)C(C)(C)C. The van der Waals surface area contributed by atoms with E-state index in [9.17, 15) is 0 Å². The summed E-state index contributed by atoms with van der Waals surface area (Å²) in [4.78, 5) is 0. The van der Waals surface area contributed by atoms with Crippen LogP contribution >= 0.6 is 0 Å². The van der Waals surface area contributed by atoms with Crippen LogP contribution in [-0.4, -0.2) is 12.1 Å². The van der Waals surface area contributed by atoms with Crippen LogP contribution in [0.3, 0.4) is 0 Å². The van der Waals surface area contributed by atoms with Crippen LogP contribution in [0.15, 0.2) is 0 Å². The Hall–Kier alpha value is -0.0400. The molecule has 0 heterocycles. The predicted octanol–water partition coefficient (Wildman–Crippen LogP) is 3.45. The van der Waals surface area contributed by atoms with Crippen molar-refractivity contribution < 1.29 is 0 Å². The standard InChI is InChI=1S/C12H27N/c1-9(11(3,4)5)13-10(2)12(6,7)8/h9-10,13H,1-8H3. The Morgan fingerprint density at radius 3 is 1.08 bits per heavy atom. The van der Waals surface area contributed by atoms with Crippen molar-refractivity contribution in [2.75, 3.05) is 0 Å². The van der Waals surface area contributed by atoms with Gasteiger partial charge in [-0.2, -0.15) is 0 Å². The lowest BCUT2D eigenvalue weighted by Crippen LogP contribution is -2.47. The molecule has 0 saturated carbocycles. The van der Waals surface area contributed by atoms with Gasteiger partial charge in [-0.3, -0.25) is 0 Å². The summed E-state index contributed by atoms with van der Waals surface area (Å²) in [7, 11) is 0. The fourth-order valence-electron chi connectivity index (χ4n) is 0.875. The Labute approximate surface area is 84.3 Å². The number of hydrogen-bond acceptors (Lipinski definition) is 1. The maximum absolute atomic E-state index is 3.66. The lowest BCUT2D eigenvalue weighted by molar-refractivity contribution is 0.204. The first-order valence-electron chi connectivity index (χ1n) is 5.31. The van der Waals surface area contributed by atoms with Crippen LogP contribution in [0.2, 0.25) is 0 Å². The van der Waals surface area contributed by atoms with E-state index < -0.39 is 0 Å². The average Bonchev–Trinajstić information content (AvgIpc) is 1.82. The van der Waals surface area contributed by atoms with Crippen LogP contribution in [-0.2, 0) is 0 Å². The maximum Gasteiger partial charge on any atom is 0.00899 e. The fourth-order valence-corrected chi connectivity index (χ4v) is 0.875. The van der Waals surface area contributed by atoms with Crippen molar-refractivity contribution in [3.05, 3.63) is 0 Å². The summed E-state index contributed by atoms with van der Waals surface area (Å²) < 4.78 is 0. The number of hydrogen-bond donors (Lipinski definition) is 1. The van der Waals surface area contributed by atoms with E-state index in [4.69, 9.17) is 0 Å². The quantitative estimate of drug-likeness (QED) is 0.695. The van der Waals surface area contributed by atoms with Gasteiger partial charge in [-0.15, -0.1) is 0 Å². The zero-order chi connectivity index (χ0) is 10.9. The summed E-state index contributed by atoms with van der Waals surface area (Å²) in [5.41, 5.74) is 0.693. The first kappa shape index (κ1) is 13.0. The second kappa shape index (κ2) is 4.00. The lowest BCUT2D eigenvalue weighted by Gasteiger charge is -2.36. The molecule has 1 nitrogen and oxygen atoms in total. The highest BCUT2D eigenvalue weighted by molar-refractivity contribution is 4.83. The highest BCUT2D eigenvalue weighted by Crippen LogP contribution is 2.24. The van der Waals surface area contributed by atoms with Crippen molar-refractivity contribution in [3.8, 4) is 0 Å². The van der Waals surface area contributed by atoms with Gasteiger partial charge in [0.1, 0.15) is 0 Å². The zero-order valence-electron chi connectivity index (χ0n) is 10.7. The van der Waals surface area contributed by atoms with E-state index >= 15 is 0 Å². The molecule has 1 N–H and O–H groups in total. The van der Waals surface area contributed by atoms with Gasteiger partial charge in [0.2, 0.25) is 0 Å². The molecule has 0 aromatic carbocycles. The molecular weight excluding hydrogens is 158 g/mol. The Morgan fingerprint density at radius 2 is 0.923 bits per heavy atom. The molecular formula is C12H27N. The second-order valence-electron chi connectivity index (χ2n) is 6.34. The molecule has 13 heavy (non-hydrogen) atoms. The molecule has 0 aliphatic rings. The van der Waals surface area contributed by atoms with E-state index in [1.807, 2.05) is 0 Å². The van der Waals surface area contributed by atoms with Gasteiger partial charge in [0.25, 0.3) is 0 Å². The highest BCUT2D eigenvalue weighted by atomic mass is 15.0. The van der Waals surface area contributed by atoms with Crippen molar-refractivity contribution >= 4 is 0 Å². The van der Waals surface area contributed by atoms with E-state index in [2.05, 4.69) is 60.7 Å². The minimum atomic E-state index is 0.347. The van der Waals surface area contributed by atoms with E-state index in [1.54, 1.807) is 0 Å². The molecule has 2 unspecified atom stereocenters. The van der Waals surface area contributed by atoms with Crippen molar-refractivity contribution in [2.45, 2.75) is 67.5 Å². The molecule has 0 amide bonds. The van der Waals surface area contributed by atoms with Crippen LogP contribution < -0.4 is 5.32 Å². The molecule has 0 saturated heterocycles. The molecule has 0 bridgehead atoms. The first-order valence-corrected chi connectivity index (χ1v) is 5.31. The third kappa shape index (κ3) is 4.66. The second-order valence-corrected chi connectivity index (χ2v) is 6.34. The molecule has 2 atom stereocenters. The Kier molecular flexibility index (Phi) is 3.98. The summed E-state index contributed by atoms with van der Waals surface area (Å²) in [5, 5.41) is 3.66. The molecule has 0 rings (SSSR count). The lowest BCUT2D eigenvalue weighted by atomic mass is 9.83. The molecule has 0 aromatic rings. The molecule has 0 aliphatic heterocycles. The first-order chi connectivity index (χ1) is 5.55. The monoisotopic (exact) mass is 185 g/mol. The summed E-state index contributed by atoms with van der Waals surface area (Å²) in [5.74, 6) is 0. The zero-order valence-corrected chi connectivity index (χ0v) is 10.7. The van der Waals surface area contributed by atoms with Crippen molar-refractivity contribution in [2.24, 2.45) is 10.8 Å². The van der Waals surface area contributed by atoms with Crippen LogP contribution in [0.25, 0.3) is 0 Å². The summed E-state index contributed by atoms with van der Waals surface area (Å²) in [6.45, 7) is 18.2. The number of rotatable bonds is 2. The number of nitrogens with one attached hydrogen (secondary N) is 1. The van der Waals surface area contributed by atoms with E-state index in [1.165, 1.54) is 0 Å². The summed E-state index contributed by atoms with van der Waals surface area (Å²) >= 11 is 0. The van der Waals surface area contributed by atoms with Gasteiger partial charge in [-0.1, -0.05) is 41.5 Å². The largest absolute Gasteiger partial charge is 0.311 e. The molecule has 0 aliphatic carbocycles. The summed E-state index contributed by atoms with van der Waals surface area (Å²) in [6, 6.07) is 1.11. The maximum atomic E-state index is 3.66. The van der Waals surface area contributed by atoms with Gasteiger partial charge in [0, 0.05) is 12.1 Å². The Bertz CT molecular complexity index is 129. The van der Waals surface area contributed by atoms with Gasteiger partial charge in [0.15, 0.2) is 0 Å². The van der Waals surface area contributed by atoms with Crippen molar-refractivity contribution in [3.63, 3.8) is 0 Å². The van der Waals surface area contributed by atoms with E-state index in [-0.39, 0.29) is 0 Å². The average molecular weight is 185 g/mol. The highest BCUT2D eigenvalue weighted by Gasteiger charge is 2.26. The van der Waals surface area contributed by atoms with Gasteiger partial charge in [0.05, 0.1) is 0 Å². The van der Waals surface area contributed by atoms with Crippen molar-refractivity contribution in [1.29, 1.82) is 0 Å². The Morgan fingerprint density at radius 1 is 0.692 bits per heavy atom. The van der Waals surface area contributed by atoms with Gasteiger partial charge >= 0.3 is 0 Å². The molecule has 0 fully saturated rings. The fraction of sp³-hybridized carbons (Fsp3) is 1.00. The Balaban J connectivity index is 4.15. The predicted molar refractivity (Wildman–Crippen MR) is 61.0 cm³/mol. The normalized spacial score (nSPS) is 18.5. The van der Waals surface area contributed by atoms with Gasteiger partial charge < -0.3 is 5.32 Å². The van der Waals surface area contributed by atoms with Gasteiger partial charge in [-0.05, 0) is 24.7 Å². The van der Waals surface area contributed by atoms with Crippen LogP contribution in [0.1, 0.15) is 55.4 Å². The molecule has 0 spiro atoms. The van der Waals surface area contributed by atoms with E-state index in [0.29, 0.717) is 22.9 Å². The third-order valence-electron chi connectivity index (χ3n) is 3.10. The minimum absolute atomic E-state index is 0.347. The molecule has 1 heteroatoms. The smallest absolute Gasteiger partial charge is 0.00899 e. The van der Waals surface area contributed by atoms with Gasteiger partial charge in [-0.25, -0.2) is 0 Å². The van der Waals surface area contributed by atoms with E-state index in [0.717, 1.165) is 0 Å². The summed E-state index contributed by atoms with van der Waals surface area (Å²) in [6.07, 6.45) is 0. The third-order valence-corrected chi connectivity index (χ3v) is 3.10. The minimum Gasteiger partial charge on any atom is -0.311 e. The van der Waals surface area contributed by atoms with Crippen molar-refractivity contribution in [1.82, 2.24) is 5.32 Å². The van der Waals surface area contributed by atoms with Crippen LogP contribution in [0, 0.1) is 10.8 Å².